The number of nitrogens with zero attached hydrogens (tertiary/aromatic N) is 1. The molecule has 0 radical (unpaired) electrons. The molecule has 0 spiro atoms. The average molecular weight is 246 g/mol. The minimum Gasteiger partial charge on any atom is -0.339 e. The fourth-order valence-corrected chi connectivity index (χ4v) is 2.22. The van der Waals surface area contributed by atoms with Gasteiger partial charge in [0.1, 0.15) is 0 Å². The zero-order valence-electron chi connectivity index (χ0n) is 11.4. The molecule has 1 aliphatic carbocycles. The van der Waals surface area contributed by atoms with E-state index in [2.05, 4.69) is 12.1 Å². The van der Waals surface area contributed by atoms with Gasteiger partial charge in [-0.2, -0.15) is 0 Å². The Bertz CT molecular complexity index is 427. The normalized spacial score (nSPS) is 22.7. The lowest BCUT2D eigenvalue weighted by Gasteiger charge is -2.34. The van der Waals surface area contributed by atoms with Crippen molar-refractivity contribution in [1.29, 1.82) is 0 Å². The molecule has 98 valence electrons. The van der Waals surface area contributed by atoms with E-state index in [1.807, 2.05) is 39.1 Å². The molecule has 3 heteroatoms. The Morgan fingerprint density at radius 1 is 1.39 bits per heavy atom. The lowest BCUT2D eigenvalue weighted by atomic mass is 10.0. The van der Waals surface area contributed by atoms with Gasteiger partial charge in [-0.25, -0.2) is 0 Å². The van der Waals surface area contributed by atoms with Crippen LogP contribution in [0.25, 0.3) is 0 Å². The van der Waals surface area contributed by atoms with Crippen LogP contribution in [0.2, 0.25) is 0 Å². The molecule has 0 bridgehead atoms. The predicted octanol–water partition coefficient (Wildman–Crippen LogP) is 1.99. The van der Waals surface area contributed by atoms with Gasteiger partial charge in [0.05, 0.1) is 0 Å². The van der Waals surface area contributed by atoms with Gasteiger partial charge in [0.15, 0.2) is 0 Å². The van der Waals surface area contributed by atoms with E-state index < -0.39 is 0 Å². The number of nitrogens with two attached hydrogens (primary N) is 1. The van der Waals surface area contributed by atoms with Gasteiger partial charge in [-0.3, -0.25) is 4.79 Å². The number of benzene rings is 1. The first-order valence-electron chi connectivity index (χ1n) is 6.50. The second-order valence-corrected chi connectivity index (χ2v) is 5.77. The van der Waals surface area contributed by atoms with Crippen molar-refractivity contribution in [3.63, 3.8) is 0 Å². The van der Waals surface area contributed by atoms with Gasteiger partial charge in [-0.1, -0.05) is 30.3 Å². The molecule has 1 aromatic carbocycles. The van der Waals surface area contributed by atoms with Crippen molar-refractivity contribution in [1.82, 2.24) is 4.90 Å². The lowest BCUT2D eigenvalue weighted by Crippen LogP contribution is -2.50. The number of amides is 1. The zero-order valence-corrected chi connectivity index (χ0v) is 11.4. The summed E-state index contributed by atoms with van der Waals surface area (Å²) in [4.78, 5) is 14.2. The maximum atomic E-state index is 12.4. The summed E-state index contributed by atoms with van der Waals surface area (Å²) in [5.41, 5.74) is 6.73. The molecule has 1 fully saturated rings. The highest BCUT2D eigenvalue weighted by atomic mass is 16.2. The number of hydrogen-bond donors (Lipinski definition) is 1. The molecule has 1 aliphatic rings. The van der Waals surface area contributed by atoms with E-state index in [1.165, 1.54) is 5.56 Å². The molecule has 1 aromatic rings. The maximum absolute atomic E-state index is 12.4. The van der Waals surface area contributed by atoms with Crippen LogP contribution < -0.4 is 5.73 Å². The molecule has 1 amide bonds. The topological polar surface area (TPSA) is 46.3 Å². The van der Waals surface area contributed by atoms with E-state index in [9.17, 15) is 4.79 Å². The van der Waals surface area contributed by atoms with Gasteiger partial charge in [-0.05, 0) is 31.7 Å². The molecule has 18 heavy (non-hydrogen) atoms. The lowest BCUT2D eigenvalue weighted by molar-refractivity contribution is -0.135. The summed E-state index contributed by atoms with van der Waals surface area (Å²) < 4.78 is 0. The summed E-state index contributed by atoms with van der Waals surface area (Å²) in [5, 5.41) is 0. The van der Waals surface area contributed by atoms with E-state index in [0.29, 0.717) is 12.5 Å². The van der Waals surface area contributed by atoms with E-state index >= 15 is 0 Å². The highest BCUT2D eigenvalue weighted by molar-refractivity contribution is 5.83. The van der Waals surface area contributed by atoms with Crippen molar-refractivity contribution in [3.05, 3.63) is 35.9 Å². The van der Waals surface area contributed by atoms with Crippen LogP contribution in [-0.4, -0.2) is 29.9 Å². The Morgan fingerprint density at radius 3 is 2.56 bits per heavy atom. The van der Waals surface area contributed by atoms with Crippen LogP contribution in [0.3, 0.4) is 0 Å². The molecule has 2 N–H and O–H groups in total. The Labute approximate surface area is 109 Å². The van der Waals surface area contributed by atoms with Crippen LogP contribution >= 0.6 is 0 Å². The van der Waals surface area contributed by atoms with Crippen molar-refractivity contribution < 1.29 is 4.79 Å². The predicted molar refractivity (Wildman–Crippen MR) is 73.2 cm³/mol. The quantitative estimate of drug-likeness (QED) is 0.883. The van der Waals surface area contributed by atoms with Gasteiger partial charge in [0, 0.05) is 25.0 Å². The van der Waals surface area contributed by atoms with E-state index in [0.717, 1.165) is 6.42 Å². The van der Waals surface area contributed by atoms with Crippen molar-refractivity contribution >= 4 is 5.91 Å². The SMILES string of the molecule is CN(C(=O)C1CC1c1ccccc1)C(C)(C)CN. The number of hydrogen-bond acceptors (Lipinski definition) is 2. The molecule has 2 unspecified atom stereocenters. The summed E-state index contributed by atoms with van der Waals surface area (Å²) >= 11 is 0. The highest BCUT2D eigenvalue weighted by Gasteiger charge is 2.46. The largest absolute Gasteiger partial charge is 0.339 e. The van der Waals surface area contributed by atoms with E-state index in [1.54, 1.807) is 4.90 Å². The average Bonchev–Trinajstić information content (AvgIpc) is 3.18. The summed E-state index contributed by atoms with van der Waals surface area (Å²) in [6.45, 7) is 4.49. The zero-order chi connectivity index (χ0) is 13.3. The monoisotopic (exact) mass is 246 g/mol. The van der Waals surface area contributed by atoms with Crippen LogP contribution in [0.4, 0.5) is 0 Å². The molecule has 3 nitrogen and oxygen atoms in total. The number of likely N-dealkylation sites (N-methyl/N-ethyl adjacent to an activating group) is 1. The molecule has 1 saturated carbocycles. The van der Waals surface area contributed by atoms with E-state index in [-0.39, 0.29) is 17.4 Å². The number of carbonyl (C=O) groups excluding carboxylic acids is 1. The van der Waals surface area contributed by atoms with Crippen LogP contribution in [0.15, 0.2) is 30.3 Å². The third-order valence-corrected chi connectivity index (χ3v) is 4.07. The third-order valence-electron chi connectivity index (χ3n) is 4.07. The minimum absolute atomic E-state index is 0.142. The summed E-state index contributed by atoms with van der Waals surface area (Å²) in [6, 6.07) is 10.3. The van der Waals surface area contributed by atoms with Gasteiger partial charge >= 0.3 is 0 Å². The first-order chi connectivity index (χ1) is 8.47. The molecule has 0 aliphatic heterocycles. The number of carbonyl (C=O) groups is 1. The molecule has 0 saturated heterocycles. The van der Waals surface area contributed by atoms with Crippen LogP contribution in [0.5, 0.6) is 0 Å². The fourth-order valence-electron chi connectivity index (χ4n) is 2.22. The molecule has 0 aromatic heterocycles. The van der Waals surface area contributed by atoms with Gasteiger partial charge in [0.2, 0.25) is 5.91 Å². The summed E-state index contributed by atoms with van der Waals surface area (Å²) in [7, 11) is 1.86. The van der Waals surface area contributed by atoms with Gasteiger partial charge in [-0.15, -0.1) is 0 Å². The standard InChI is InChI=1S/C15H22N2O/c1-15(2,10-16)17(3)14(18)13-9-12(13)11-7-5-4-6-8-11/h4-8,12-13H,9-10,16H2,1-3H3. The Balaban J connectivity index is 2.02. The Hall–Kier alpha value is -1.35. The van der Waals surface area contributed by atoms with Crippen LogP contribution in [-0.2, 0) is 4.79 Å². The molecular formula is C15H22N2O. The Morgan fingerprint density at radius 2 is 2.00 bits per heavy atom. The number of rotatable bonds is 4. The van der Waals surface area contributed by atoms with E-state index in [4.69, 9.17) is 5.73 Å². The third kappa shape index (κ3) is 2.41. The van der Waals surface area contributed by atoms with Crippen LogP contribution in [0.1, 0.15) is 31.7 Å². The smallest absolute Gasteiger partial charge is 0.226 e. The second-order valence-electron chi connectivity index (χ2n) is 5.77. The summed E-state index contributed by atoms with van der Waals surface area (Å²) in [5.74, 6) is 0.761. The fraction of sp³-hybridized carbons (Fsp3) is 0.533. The Kier molecular flexibility index (Phi) is 3.44. The second kappa shape index (κ2) is 4.73. The molecule has 2 rings (SSSR count). The van der Waals surface area contributed by atoms with Crippen molar-refractivity contribution in [2.75, 3.05) is 13.6 Å². The highest BCUT2D eigenvalue weighted by Crippen LogP contribution is 2.48. The van der Waals surface area contributed by atoms with Gasteiger partial charge in [0.25, 0.3) is 0 Å². The molecular weight excluding hydrogens is 224 g/mol. The molecule has 0 heterocycles. The minimum atomic E-state index is -0.263. The molecule has 2 atom stereocenters. The van der Waals surface area contributed by atoms with Crippen LogP contribution in [0, 0.1) is 5.92 Å². The first kappa shape index (κ1) is 13.1. The van der Waals surface area contributed by atoms with Crippen molar-refractivity contribution in [2.45, 2.75) is 31.7 Å². The van der Waals surface area contributed by atoms with Gasteiger partial charge < -0.3 is 10.6 Å². The summed E-state index contributed by atoms with van der Waals surface area (Å²) in [6.07, 6.45) is 0.966. The van der Waals surface area contributed by atoms with Crippen molar-refractivity contribution in [2.24, 2.45) is 11.7 Å². The first-order valence-corrected chi connectivity index (χ1v) is 6.50. The maximum Gasteiger partial charge on any atom is 0.226 e. The van der Waals surface area contributed by atoms with Crippen molar-refractivity contribution in [3.8, 4) is 0 Å².